The van der Waals surface area contributed by atoms with Gasteiger partial charge in [-0.1, -0.05) is 42.5 Å². The van der Waals surface area contributed by atoms with E-state index in [1.165, 1.54) is 0 Å². The van der Waals surface area contributed by atoms with Gasteiger partial charge in [-0.15, -0.1) is 0 Å². The maximum atomic E-state index is 12.0. The summed E-state index contributed by atoms with van der Waals surface area (Å²) in [6.07, 6.45) is -2.70. The minimum Gasteiger partial charge on any atom is -0.456 e. The first-order valence-corrected chi connectivity index (χ1v) is 9.80. The van der Waals surface area contributed by atoms with Gasteiger partial charge >= 0.3 is 12.1 Å². The Hall–Kier alpha value is -2.90. The van der Waals surface area contributed by atoms with E-state index >= 15 is 0 Å². The molecule has 0 aromatic heterocycles. The maximum absolute atomic E-state index is 12.0. The lowest BCUT2D eigenvalue weighted by Gasteiger charge is -2.20. The van der Waals surface area contributed by atoms with Gasteiger partial charge in [-0.05, 0) is 50.5 Å². The van der Waals surface area contributed by atoms with Crippen molar-refractivity contribution in [3.63, 3.8) is 0 Å². The van der Waals surface area contributed by atoms with Crippen molar-refractivity contribution in [2.24, 2.45) is 0 Å². The minimum absolute atomic E-state index is 0.134. The molecule has 0 bridgehead atoms. The number of carbonyl (C=O) groups is 2. The van der Waals surface area contributed by atoms with Crippen LogP contribution in [0.4, 0.5) is 4.79 Å². The van der Waals surface area contributed by atoms with E-state index in [1.54, 1.807) is 45.0 Å². The highest BCUT2D eigenvalue weighted by molar-refractivity contribution is 5.89. The average molecular weight is 415 g/mol. The molecule has 1 amide bonds. The zero-order valence-corrected chi connectivity index (χ0v) is 17.5. The fraction of sp³-hybridized carbons (Fsp3) is 0.391. The number of esters is 1. The molecular formula is C23H29NO6. The van der Waals surface area contributed by atoms with Crippen molar-refractivity contribution >= 4 is 12.1 Å². The molecule has 2 aromatic rings. The van der Waals surface area contributed by atoms with Gasteiger partial charge in [0.1, 0.15) is 18.3 Å². The fourth-order valence-corrected chi connectivity index (χ4v) is 2.63. The van der Waals surface area contributed by atoms with Crippen LogP contribution in [0, 0.1) is 0 Å². The molecule has 0 aliphatic rings. The zero-order valence-electron chi connectivity index (χ0n) is 17.5. The maximum Gasteiger partial charge on any atom is 0.407 e. The summed E-state index contributed by atoms with van der Waals surface area (Å²) in [5, 5.41) is 23.0. The second-order valence-electron chi connectivity index (χ2n) is 7.91. The molecular weight excluding hydrogens is 386 g/mol. The Morgan fingerprint density at radius 2 is 1.63 bits per heavy atom. The van der Waals surface area contributed by atoms with Crippen LogP contribution in [0.2, 0.25) is 0 Å². The molecule has 7 nitrogen and oxygen atoms in total. The van der Waals surface area contributed by atoms with Crippen LogP contribution in [0.25, 0.3) is 0 Å². The molecule has 2 aromatic carbocycles. The first-order valence-electron chi connectivity index (χ1n) is 9.80. The van der Waals surface area contributed by atoms with Crippen molar-refractivity contribution in [3.05, 3.63) is 71.3 Å². The number of hydrogen-bond donors (Lipinski definition) is 3. The van der Waals surface area contributed by atoms with Crippen LogP contribution < -0.4 is 5.32 Å². The Morgan fingerprint density at radius 1 is 1.00 bits per heavy atom. The van der Waals surface area contributed by atoms with Crippen molar-refractivity contribution in [3.8, 4) is 0 Å². The zero-order chi connectivity index (χ0) is 22.1. The lowest BCUT2D eigenvalue weighted by Crippen LogP contribution is -2.29. The number of aliphatic hydroxyl groups excluding tert-OH is 2. The Balaban J connectivity index is 1.76. The Kier molecular flexibility index (Phi) is 8.38. The molecule has 0 heterocycles. The van der Waals surface area contributed by atoms with E-state index < -0.39 is 29.9 Å². The molecule has 0 fully saturated rings. The van der Waals surface area contributed by atoms with Crippen molar-refractivity contribution in [2.75, 3.05) is 6.54 Å². The molecule has 2 rings (SSSR count). The number of aliphatic hydroxyl groups is 2. The normalized spacial score (nSPS) is 13.2. The van der Waals surface area contributed by atoms with Gasteiger partial charge in [-0.3, -0.25) is 0 Å². The van der Waals surface area contributed by atoms with Crippen LogP contribution in [0.1, 0.15) is 54.8 Å². The standard InChI is InChI=1S/C23H29NO6/c1-23(2,3)30-21(27)18-11-9-17(10-12-18)20(26)19(25)13-14-24-22(28)29-15-16-7-5-4-6-8-16/h4-12,19-20,25-26H,13-15H2,1-3H3,(H,24,28). The Morgan fingerprint density at radius 3 is 2.23 bits per heavy atom. The Bertz CT molecular complexity index is 814. The van der Waals surface area contributed by atoms with Crippen LogP contribution in [-0.4, -0.2) is 40.5 Å². The lowest BCUT2D eigenvalue weighted by molar-refractivity contribution is 0.00683. The van der Waals surface area contributed by atoms with E-state index in [1.807, 2.05) is 30.3 Å². The molecule has 162 valence electrons. The average Bonchev–Trinajstić information content (AvgIpc) is 2.71. The summed E-state index contributed by atoms with van der Waals surface area (Å²) in [6, 6.07) is 15.5. The first kappa shape index (κ1) is 23.4. The number of carbonyl (C=O) groups excluding carboxylic acids is 2. The number of ether oxygens (including phenoxy) is 2. The summed E-state index contributed by atoms with van der Waals surface area (Å²) in [5.74, 6) is -0.456. The van der Waals surface area contributed by atoms with E-state index in [9.17, 15) is 19.8 Å². The van der Waals surface area contributed by atoms with Gasteiger partial charge in [-0.2, -0.15) is 0 Å². The third-order valence-corrected chi connectivity index (χ3v) is 4.17. The molecule has 0 radical (unpaired) electrons. The van der Waals surface area contributed by atoms with E-state index in [0.717, 1.165) is 5.56 Å². The SMILES string of the molecule is CC(C)(C)OC(=O)c1ccc(C(O)C(O)CCNC(=O)OCc2ccccc2)cc1. The molecule has 30 heavy (non-hydrogen) atoms. The molecule has 0 saturated heterocycles. The second-order valence-corrected chi connectivity index (χ2v) is 7.91. The van der Waals surface area contributed by atoms with Crippen LogP contribution in [-0.2, 0) is 16.1 Å². The summed E-state index contributed by atoms with van der Waals surface area (Å²) >= 11 is 0. The molecule has 0 spiro atoms. The van der Waals surface area contributed by atoms with Crippen molar-refractivity contribution in [1.82, 2.24) is 5.32 Å². The smallest absolute Gasteiger partial charge is 0.407 e. The van der Waals surface area contributed by atoms with Crippen LogP contribution in [0.3, 0.4) is 0 Å². The highest BCUT2D eigenvalue weighted by Crippen LogP contribution is 2.20. The number of rotatable bonds is 8. The number of benzene rings is 2. The third kappa shape index (κ3) is 7.85. The predicted molar refractivity (Wildman–Crippen MR) is 112 cm³/mol. The van der Waals surface area contributed by atoms with Gasteiger partial charge in [0.2, 0.25) is 0 Å². The second kappa shape index (κ2) is 10.8. The van der Waals surface area contributed by atoms with E-state index in [-0.39, 0.29) is 19.6 Å². The molecule has 2 unspecified atom stereocenters. The van der Waals surface area contributed by atoms with Gasteiger partial charge in [0, 0.05) is 6.54 Å². The third-order valence-electron chi connectivity index (χ3n) is 4.17. The molecule has 0 saturated carbocycles. The fourth-order valence-electron chi connectivity index (χ4n) is 2.63. The van der Waals surface area contributed by atoms with Gasteiger partial charge in [0.25, 0.3) is 0 Å². The molecule has 0 aliphatic heterocycles. The van der Waals surface area contributed by atoms with Gasteiger partial charge in [0.05, 0.1) is 11.7 Å². The largest absolute Gasteiger partial charge is 0.456 e. The summed E-state index contributed by atoms with van der Waals surface area (Å²) in [6.45, 7) is 5.64. The Labute approximate surface area is 176 Å². The van der Waals surface area contributed by atoms with E-state index in [4.69, 9.17) is 9.47 Å². The van der Waals surface area contributed by atoms with Gasteiger partial charge < -0.3 is 25.0 Å². The summed E-state index contributed by atoms with van der Waals surface area (Å²) in [4.78, 5) is 23.8. The van der Waals surface area contributed by atoms with Crippen molar-refractivity contribution in [1.29, 1.82) is 0 Å². The van der Waals surface area contributed by atoms with Crippen LogP contribution in [0.15, 0.2) is 54.6 Å². The van der Waals surface area contributed by atoms with Crippen molar-refractivity contribution < 1.29 is 29.3 Å². The summed E-state index contributed by atoms with van der Waals surface area (Å²) < 4.78 is 10.4. The lowest BCUT2D eigenvalue weighted by atomic mass is 10.0. The summed E-state index contributed by atoms with van der Waals surface area (Å²) in [5.41, 5.74) is 1.10. The van der Waals surface area contributed by atoms with Gasteiger partial charge in [-0.25, -0.2) is 9.59 Å². The molecule has 0 aliphatic carbocycles. The van der Waals surface area contributed by atoms with Crippen LogP contribution >= 0.6 is 0 Å². The molecule has 2 atom stereocenters. The number of nitrogens with one attached hydrogen (secondary N) is 1. The van der Waals surface area contributed by atoms with E-state index in [0.29, 0.717) is 11.1 Å². The van der Waals surface area contributed by atoms with E-state index in [2.05, 4.69) is 5.32 Å². The van der Waals surface area contributed by atoms with Gasteiger partial charge in [0.15, 0.2) is 0 Å². The number of amides is 1. The quantitative estimate of drug-likeness (QED) is 0.571. The topological polar surface area (TPSA) is 105 Å². The number of hydrogen-bond acceptors (Lipinski definition) is 6. The van der Waals surface area contributed by atoms with Crippen LogP contribution in [0.5, 0.6) is 0 Å². The number of alkyl carbamates (subject to hydrolysis) is 1. The monoisotopic (exact) mass is 415 g/mol. The molecule has 3 N–H and O–H groups in total. The molecule has 7 heteroatoms. The first-order chi connectivity index (χ1) is 14.2. The highest BCUT2D eigenvalue weighted by Gasteiger charge is 2.21. The minimum atomic E-state index is -1.15. The van der Waals surface area contributed by atoms with Crippen molar-refractivity contribution in [2.45, 2.75) is 51.6 Å². The highest BCUT2D eigenvalue weighted by atomic mass is 16.6. The summed E-state index contributed by atoms with van der Waals surface area (Å²) in [7, 11) is 0. The predicted octanol–water partition coefficient (Wildman–Crippen LogP) is 3.35.